The zero-order valence-corrected chi connectivity index (χ0v) is 21.0. The Bertz CT molecular complexity index is 922. The number of amides is 1. The predicted octanol–water partition coefficient (Wildman–Crippen LogP) is 6.10. The van der Waals surface area contributed by atoms with Gasteiger partial charge in [0, 0.05) is 24.6 Å². The summed E-state index contributed by atoms with van der Waals surface area (Å²) in [5.41, 5.74) is 0.831. The minimum absolute atomic E-state index is 0.250. The standard InChI is InChI=1S/C25H31Cl2NO6/c1-3-5-6-13-28(25(31)34-22-12-9-19(26)17-21(22)27)14-15-33-20-10-7-18(8-11-20)16-23(24(29)30)32-4-2/h7-12,17,23H,3-6,13-16H2,1-2H3,(H,29,30). The van der Waals surface area contributed by atoms with Crippen LogP contribution in [0.15, 0.2) is 42.5 Å². The molecule has 1 unspecified atom stereocenters. The molecule has 0 bridgehead atoms. The van der Waals surface area contributed by atoms with Gasteiger partial charge in [0.25, 0.3) is 0 Å². The van der Waals surface area contributed by atoms with E-state index in [0.717, 1.165) is 24.8 Å². The monoisotopic (exact) mass is 511 g/mol. The molecule has 0 aromatic heterocycles. The van der Waals surface area contributed by atoms with Crippen LogP contribution in [0.25, 0.3) is 0 Å². The second-order valence-corrected chi connectivity index (χ2v) is 8.46. The fourth-order valence-electron chi connectivity index (χ4n) is 3.19. The largest absolute Gasteiger partial charge is 0.492 e. The van der Waals surface area contributed by atoms with Crippen molar-refractivity contribution >= 4 is 35.3 Å². The van der Waals surface area contributed by atoms with Crippen LogP contribution in [0.1, 0.15) is 38.7 Å². The van der Waals surface area contributed by atoms with Crippen LogP contribution in [-0.2, 0) is 16.0 Å². The van der Waals surface area contributed by atoms with E-state index < -0.39 is 18.2 Å². The lowest BCUT2D eigenvalue weighted by atomic mass is 10.1. The Balaban J connectivity index is 1.92. The fourth-order valence-corrected chi connectivity index (χ4v) is 3.64. The summed E-state index contributed by atoms with van der Waals surface area (Å²) in [5.74, 6) is -0.119. The van der Waals surface area contributed by atoms with Gasteiger partial charge in [-0.2, -0.15) is 0 Å². The van der Waals surface area contributed by atoms with Crippen molar-refractivity contribution in [2.75, 3.05) is 26.3 Å². The first-order valence-electron chi connectivity index (χ1n) is 11.3. The second kappa shape index (κ2) is 14.7. The maximum Gasteiger partial charge on any atom is 0.415 e. The second-order valence-electron chi connectivity index (χ2n) is 7.62. The molecule has 0 saturated heterocycles. The van der Waals surface area contributed by atoms with Crippen LogP contribution in [0, 0.1) is 0 Å². The summed E-state index contributed by atoms with van der Waals surface area (Å²) < 4.78 is 16.5. The van der Waals surface area contributed by atoms with E-state index in [4.69, 9.17) is 37.4 Å². The van der Waals surface area contributed by atoms with Crippen molar-refractivity contribution in [2.45, 2.75) is 45.6 Å². The molecule has 0 aliphatic rings. The summed E-state index contributed by atoms with van der Waals surface area (Å²) in [6.45, 7) is 5.33. The number of carboxylic acid groups (broad SMARTS) is 1. The lowest BCUT2D eigenvalue weighted by molar-refractivity contribution is -0.149. The van der Waals surface area contributed by atoms with Crippen LogP contribution in [0.2, 0.25) is 10.0 Å². The number of hydrogen-bond donors (Lipinski definition) is 1. The Morgan fingerprint density at radius 1 is 1.03 bits per heavy atom. The number of ether oxygens (including phenoxy) is 3. The summed E-state index contributed by atoms with van der Waals surface area (Å²) in [4.78, 5) is 25.6. The van der Waals surface area contributed by atoms with Crippen LogP contribution in [0.4, 0.5) is 4.79 Å². The SMILES string of the molecule is CCCCCN(CCOc1ccc(CC(OCC)C(=O)O)cc1)C(=O)Oc1ccc(Cl)cc1Cl. The maximum atomic E-state index is 12.7. The molecule has 0 heterocycles. The van der Waals surface area contributed by atoms with Crippen molar-refractivity contribution in [3.05, 3.63) is 58.1 Å². The van der Waals surface area contributed by atoms with Crippen LogP contribution in [0.5, 0.6) is 11.5 Å². The molecule has 1 amide bonds. The molecular weight excluding hydrogens is 481 g/mol. The molecule has 7 nitrogen and oxygen atoms in total. The lowest BCUT2D eigenvalue weighted by Crippen LogP contribution is -2.37. The number of carboxylic acids is 1. The van der Waals surface area contributed by atoms with Gasteiger partial charge in [0.15, 0.2) is 11.9 Å². The summed E-state index contributed by atoms with van der Waals surface area (Å²) in [5, 5.41) is 9.95. The first kappa shape index (κ1) is 27.8. The quantitative estimate of drug-likeness (QED) is 0.308. The van der Waals surface area contributed by atoms with Crippen LogP contribution < -0.4 is 9.47 Å². The summed E-state index contributed by atoms with van der Waals surface area (Å²) in [6.07, 6.45) is 1.75. The van der Waals surface area contributed by atoms with Gasteiger partial charge >= 0.3 is 12.1 Å². The predicted molar refractivity (Wildman–Crippen MR) is 132 cm³/mol. The number of carbonyl (C=O) groups excluding carboxylic acids is 1. The van der Waals surface area contributed by atoms with Gasteiger partial charge in [-0.15, -0.1) is 0 Å². The van der Waals surface area contributed by atoms with Crippen LogP contribution >= 0.6 is 23.2 Å². The summed E-state index contributed by atoms with van der Waals surface area (Å²) >= 11 is 12.0. The summed E-state index contributed by atoms with van der Waals surface area (Å²) in [7, 11) is 0. The molecule has 2 rings (SSSR count). The molecular formula is C25H31Cl2NO6. The molecule has 0 radical (unpaired) electrons. The average Bonchev–Trinajstić information content (AvgIpc) is 2.80. The molecule has 2 aromatic rings. The fraction of sp³-hybridized carbons (Fsp3) is 0.440. The van der Waals surface area contributed by atoms with Gasteiger partial charge in [-0.1, -0.05) is 55.1 Å². The minimum atomic E-state index is -0.989. The molecule has 186 valence electrons. The first-order chi connectivity index (χ1) is 16.3. The number of halogens is 2. The van der Waals surface area contributed by atoms with Crippen molar-refractivity contribution in [1.82, 2.24) is 4.90 Å². The Labute approximate surface area is 210 Å². The van der Waals surface area contributed by atoms with Crippen molar-refractivity contribution in [3.63, 3.8) is 0 Å². The number of benzene rings is 2. The van der Waals surface area contributed by atoms with E-state index in [1.165, 1.54) is 6.07 Å². The molecule has 2 aromatic carbocycles. The minimum Gasteiger partial charge on any atom is -0.492 e. The molecule has 0 aliphatic heterocycles. The highest BCUT2D eigenvalue weighted by molar-refractivity contribution is 6.35. The number of carbonyl (C=O) groups is 2. The first-order valence-corrected chi connectivity index (χ1v) is 12.1. The molecule has 1 atom stereocenters. The molecule has 0 fully saturated rings. The van der Waals surface area contributed by atoms with Crippen LogP contribution in [0.3, 0.4) is 0 Å². The Morgan fingerprint density at radius 3 is 2.38 bits per heavy atom. The smallest absolute Gasteiger partial charge is 0.415 e. The highest BCUT2D eigenvalue weighted by Crippen LogP contribution is 2.28. The van der Waals surface area contributed by atoms with E-state index >= 15 is 0 Å². The molecule has 9 heteroatoms. The molecule has 0 aliphatic carbocycles. The number of nitrogens with zero attached hydrogens (tertiary/aromatic N) is 1. The van der Waals surface area contributed by atoms with E-state index in [2.05, 4.69) is 6.92 Å². The van der Waals surface area contributed by atoms with Gasteiger partial charge < -0.3 is 24.2 Å². The zero-order valence-electron chi connectivity index (χ0n) is 19.5. The topological polar surface area (TPSA) is 85.3 Å². The van der Waals surface area contributed by atoms with Gasteiger partial charge in [-0.3, -0.25) is 0 Å². The van der Waals surface area contributed by atoms with Crippen LogP contribution in [-0.4, -0.2) is 54.5 Å². The molecule has 1 N–H and O–H groups in total. The highest BCUT2D eigenvalue weighted by atomic mass is 35.5. The van der Waals surface area contributed by atoms with E-state index in [9.17, 15) is 14.7 Å². The Morgan fingerprint density at radius 2 is 1.76 bits per heavy atom. The van der Waals surface area contributed by atoms with Gasteiger partial charge in [-0.25, -0.2) is 9.59 Å². The third-order valence-electron chi connectivity index (χ3n) is 5.00. The molecule has 34 heavy (non-hydrogen) atoms. The normalized spacial score (nSPS) is 11.6. The number of rotatable bonds is 14. The summed E-state index contributed by atoms with van der Waals surface area (Å²) in [6, 6.07) is 11.8. The maximum absolute atomic E-state index is 12.7. The van der Waals surface area contributed by atoms with Gasteiger partial charge in [-0.05, 0) is 49.2 Å². The van der Waals surface area contributed by atoms with Crippen molar-refractivity contribution in [2.24, 2.45) is 0 Å². The number of hydrogen-bond acceptors (Lipinski definition) is 5. The number of aliphatic carboxylic acids is 1. The van der Waals surface area contributed by atoms with Crippen molar-refractivity contribution in [1.29, 1.82) is 0 Å². The number of unbranched alkanes of at least 4 members (excludes halogenated alkanes) is 2. The average molecular weight is 512 g/mol. The third-order valence-corrected chi connectivity index (χ3v) is 5.53. The van der Waals surface area contributed by atoms with Crippen molar-refractivity contribution in [3.8, 4) is 11.5 Å². The Hall–Kier alpha value is -2.48. The Kier molecular flexibility index (Phi) is 12.0. The van der Waals surface area contributed by atoms with E-state index in [1.807, 2.05) is 0 Å². The third kappa shape index (κ3) is 9.41. The van der Waals surface area contributed by atoms with E-state index in [1.54, 1.807) is 48.2 Å². The van der Waals surface area contributed by atoms with Gasteiger partial charge in [0.05, 0.1) is 11.6 Å². The molecule has 0 saturated carbocycles. The van der Waals surface area contributed by atoms with E-state index in [-0.39, 0.29) is 23.8 Å². The zero-order chi connectivity index (χ0) is 24.9. The van der Waals surface area contributed by atoms with Crippen molar-refractivity contribution < 1.29 is 28.9 Å². The lowest BCUT2D eigenvalue weighted by Gasteiger charge is -2.22. The van der Waals surface area contributed by atoms with E-state index in [0.29, 0.717) is 30.5 Å². The van der Waals surface area contributed by atoms with Gasteiger partial charge in [0.1, 0.15) is 12.4 Å². The highest BCUT2D eigenvalue weighted by Gasteiger charge is 2.19. The molecule has 0 spiro atoms. The van der Waals surface area contributed by atoms with Gasteiger partial charge in [0.2, 0.25) is 0 Å².